The Balaban J connectivity index is 1.83. The molecule has 0 bridgehead atoms. The lowest BCUT2D eigenvalue weighted by Gasteiger charge is -2.30. The molecule has 0 spiro atoms. The second-order valence-corrected chi connectivity index (χ2v) is 6.49. The topological polar surface area (TPSA) is 17.8 Å². The van der Waals surface area contributed by atoms with Crippen LogP contribution in [0.4, 0.5) is 0 Å². The number of hydrogen-bond acceptors (Lipinski definition) is 1. The van der Waals surface area contributed by atoms with Crippen LogP contribution in [0.2, 0.25) is 0 Å². The van der Waals surface area contributed by atoms with Gasteiger partial charge in [-0.15, -0.1) is 0 Å². The number of hydrogen-bond donors (Lipinski definition) is 0. The molecule has 0 aliphatic heterocycles. The number of rotatable bonds is 2. The molecule has 0 fully saturated rings. The van der Waals surface area contributed by atoms with E-state index in [1.54, 1.807) is 0 Å². The monoisotopic (exact) mass is 318 g/mol. The molecule has 1 aromatic carbocycles. The normalized spacial score (nSPS) is 22.3. The first-order valence-corrected chi connectivity index (χ1v) is 7.78. The molecule has 1 aliphatic rings. The van der Waals surface area contributed by atoms with Gasteiger partial charge in [-0.05, 0) is 49.3 Å². The van der Waals surface area contributed by atoms with Gasteiger partial charge in [-0.25, -0.2) is 0 Å². The highest BCUT2D eigenvalue weighted by Crippen LogP contribution is 2.41. The van der Waals surface area contributed by atoms with Gasteiger partial charge >= 0.3 is 0 Å². The van der Waals surface area contributed by atoms with Gasteiger partial charge in [-0.1, -0.05) is 40.2 Å². The van der Waals surface area contributed by atoms with Crippen LogP contribution < -0.4 is 0 Å². The third-order valence-electron chi connectivity index (χ3n) is 4.12. The highest BCUT2D eigenvalue weighted by molar-refractivity contribution is 9.09. The zero-order valence-corrected chi connectivity index (χ0v) is 13.0. The summed E-state index contributed by atoms with van der Waals surface area (Å²) in [6.45, 7) is 2.06. The Morgan fingerprint density at radius 1 is 1.37 bits per heavy atom. The molecule has 0 saturated heterocycles. The first-order valence-electron chi connectivity index (χ1n) is 6.86. The van der Waals surface area contributed by atoms with E-state index in [9.17, 15) is 0 Å². The molecule has 2 atom stereocenters. The molecule has 1 aromatic heterocycles. The van der Waals surface area contributed by atoms with Crippen molar-refractivity contribution in [2.75, 3.05) is 0 Å². The van der Waals surface area contributed by atoms with Crippen LogP contribution in [0.5, 0.6) is 0 Å². The maximum atomic E-state index is 4.45. The molecule has 1 aliphatic carbocycles. The second kappa shape index (κ2) is 5.12. The number of aromatic nitrogens is 2. The van der Waals surface area contributed by atoms with E-state index >= 15 is 0 Å². The summed E-state index contributed by atoms with van der Waals surface area (Å²) in [5, 5.41) is 4.45. The van der Waals surface area contributed by atoms with Crippen LogP contribution >= 0.6 is 15.9 Å². The van der Waals surface area contributed by atoms with Crippen LogP contribution in [0.1, 0.15) is 33.8 Å². The number of benzene rings is 1. The quantitative estimate of drug-likeness (QED) is 0.766. The van der Waals surface area contributed by atoms with Crippen LogP contribution in [-0.4, -0.2) is 9.78 Å². The van der Waals surface area contributed by atoms with Gasteiger partial charge in [0, 0.05) is 17.6 Å². The van der Waals surface area contributed by atoms with E-state index in [0.29, 0.717) is 10.7 Å². The van der Waals surface area contributed by atoms with E-state index in [2.05, 4.69) is 58.3 Å². The van der Waals surface area contributed by atoms with Crippen molar-refractivity contribution in [2.24, 2.45) is 13.0 Å². The average Bonchev–Trinajstić information content (AvgIpc) is 2.72. The summed E-state index contributed by atoms with van der Waals surface area (Å²) in [6, 6.07) is 11.0. The van der Waals surface area contributed by atoms with Gasteiger partial charge in [0.15, 0.2) is 0 Å². The van der Waals surface area contributed by atoms with E-state index in [4.69, 9.17) is 0 Å². The summed E-state index contributed by atoms with van der Waals surface area (Å²) in [5.41, 5.74) is 5.42. The molecular weight excluding hydrogens is 300 g/mol. The van der Waals surface area contributed by atoms with Crippen molar-refractivity contribution in [3.63, 3.8) is 0 Å². The standard InChI is InChI=1S/C16H19BrN2/c1-11-9-14(19(2)18-11)10-13-8-7-12-5-3-4-6-15(12)16(13)17/h3-6,9,13,16H,7-8,10H2,1-2H3. The molecule has 2 aromatic rings. The van der Waals surface area contributed by atoms with Crippen LogP contribution in [0.25, 0.3) is 0 Å². The molecule has 3 heteroatoms. The minimum absolute atomic E-state index is 0.465. The zero-order chi connectivity index (χ0) is 13.4. The van der Waals surface area contributed by atoms with E-state index < -0.39 is 0 Å². The summed E-state index contributed by atoms with van der Waals surface area (Å²) in [6.07, 6.45) is 3.54. The molecule has 100 valence electrons. The van der Waals surface area contributed by atoms with Crippen molar-refractivity contribution in [3.05, 3.63) is 52.8 Å². The molecule has 0 saturated carbocycles. The maximum Gasteiger partial charge on any atom is 0.0596 e. The van der Waals surface area contributed by atoms with Crippen LogP contribution in [0.3, 0.4) is 0 Å². The molecular formula is C16H19BrN2. The minimum Gasteiger partial charge on any atom is -0.272 e. The Labute approximate surface area is 123 Å². The summed E-state index contributed by atoms with van der Waals surface area (Å²) in [7, 11) is 2.04. The van der Waals surface area contributed by atoms with Gasteiger partial charge in [-0.2, -0.15) is 5.10 Å². The fourth-order valence-electron chi connectivity index (χ4n) is 3.10. The first kappa shape index (κ1) is 12.9. The lowest BCUT2D eigenvalue weighted by atomic mass is 9.81. The fraction of sp³-hybridized carbons (Fsp3) is 0.438. The van der Waals surface area contributed by atoms with E-state index in [-0.39, 0.29) is 0 Å². The van der Waals surface area contributed by atoms with Crippen molar-refractivity contribution in [2.45, 2.75) is 31.0 Å². The van der Waals surface area contributed by atoms with Gasteiger partial charge in [0.25, 0.3) is 0 Å². The van der Waals surface area contributed by atoms with Crippen molar-refractivity contribution in [3.8, 4) is 0 Å². The molecule has 0 radical (unpaired) electrons. The lowest BCUT2D eigenvalue weighted by Crippen LogP contribution is -2.20. The molecule has 1 heterocycles. The predicted molar refractivity (Wildman–Crippen MR) is 81.6 cm³/mol. The van der Waals surface area contributed by atoms with Gasteiger partial charge in [0.1, 0.15) is 0 Å². The maximum absolute atomic E-state index is 4.45. The minimum atomic E-state index is 0.465. The Bertz CT molecular complexity index is 588. The highest BCUT2D eigenvalue weighted by atomic mass is 79.9. The Morgan fingerprint density at radius 2 is 2.16 bits per heavy atom. The molecule has 3 rings (SSSR count). The molecule has 0 N–H and O–H groups in total. The lowest BCUT2D eigenvalue weighted by molar-refractivity contribution is 0.440. The number of halogens is 1. The number of aryl methyl sites for hydroxylation is 3. The van der Waals surface area contributed by atoms with Crippen molar-refractivity contribution in [1.29, 1.82) is 0 Å². The van der Waals surface area contributed by atoms with E-state index in [1.165, 1.54) is 29.7 Å². The average molecular weight is 319 g/mol. The zero-order valence-electron chi connectivity index (χ0n) is 11.4. The number of alkyl halides is 1. The third kappa shape index (κ3) is 2.48. The molecule has 19 heavy (non-hydrogen) atoms. The third-order valence-corrected chi connectivity index (χ3v) is 5.36. The number of nitrogens with zero attached hydrogens (tertiary/aromatic N) is 2. The van der Waals surface area contributed by atoms with E-state index in [0.717, 1.165) is 12.1 Å². The largest absolute Gasteiger partial charge is 0.272 e. The summed E-state index contributed by atoms with van der Waals surface area (Å²) < 4.78 is 2.02. The van der Waals surface area contributed by atoms with Crippen LogP contribution in [0, 0.1) is 12.8 Å². The van der Waals surface area contributed by atoms with Gasteiger partial charge in [0.2, 0.25) is 0 Å². The summed E-state index contributed by atoms with van der Waals surface area (Å²) in [5.74, 6) is 0.657. The summed E-state index contributed by atoms with van der Waals surface area (Å²) in [4.78, 5) is 0.465. The molecule has 2 unspecified atom stereocenters. The second-order valence-electron chi connectivity index (χ2n) is 5.50. The predicted octanol–water partition coefficient (Wildman–Crippen LogP) is 3.97. The van der Waals surface area contributed by atoms with Crippen molar-refractivity contribution in [1.82, 2.24) is 9.78 Å². The summed E-state index contributed by atoms with van der Waals surface area (Å²) >= 11 is 3.91. The van der Waals surface area contributed by atoms with Crippen LogP contribution in [-0.2, 0) is 19.9 Å². The fourth-order valence-corrected chi connectivity index (χ4v) is 4.00. The van der Waals surface area contributed by atoms with Crippen molar-refractivity contribution < 1.29 is 0 Å². The molecule has 0 amide bonds. The Morgan fingerprint density at radius 3 is 2.89 bits per heavy atom. The Kier molecular flexibility index (Phi) is 3.48. The van der Waals surface area contributed by atoms with Crippen molar-refractivity contribution >= 4 is 15.9 Å². The number of fused-ring (bicyclic) bond motifs is 1. The highest BCUT2D eigenvalue weighted by Gasteiger charge is 2.28. The SMILES string of the molecule is Cc1cc(CC2CCc3ccccc3C2Br)n(C)n1. The molecule has 2 nitrogen and oxygen atoms in total. The Hall–Kier alpha value is -1.09. The van der Waals surface area contributed by atoms with Gasteiger partial charge < -0.3 is 0 Å². The smallest absolute Gasteiger partial charge is 0.0596 e. The first-order chi connectivity index (χ1) is 9.15. The van der Waals surface area contributed by atoms with Crippen LogP contribution in [0.15, 0.2) is 30.3 Å². The van der Waals surface area contributed by atoms with E-state index in [1.807, 2.05) is 11.7 Å². The van der Waals surface area contributed by atoms with Gasteiger partial charge in [-0.3, -0.25) is 4.68 Å². The van der Waals surface area contributed by atoms with Gasteiger partial charge in [0.05, 0.1) is 5.69 Å².